The molecule has 7 heteroatoms. The minimum atomic E-state index is -2.63. The van der Waals surface area contributed by atoms with Gasteiger partial charge in [-0.3, -0.25) is 4.98 Å². The van der Waals surface area contributed by atoms with Crippen LogP contribution in [0.1, 0.15) is 57.4 Å². The van der Waals surface area contributed by atoms with Crippen LogP contribution in [0.25, 0.3) is 11.5 Å². The zero-order valence-electron chi connectivity index (χ0n) is 14.7. The van der Waals surface area contributed by atoms with E-state index in [0.29, 0.717) is 29.9 Å². The van der Waals surface area contributed by atoms with Crippen molar-refractivity contribution in [2.45, 2.75) is 57.3 Å². The summed E-state index contributed by atoms with van der Waals surface area (Å²) in [5.41, 5.74) is 2.21. The lowest BCUT2D eigenvalue weighted by Gasteiger charge is -2.22. The second-order valence-corrected chi connectivity index (χ2v) is 8.10. The summed E-state index contributed by atoms with van der Waals surface area (Å²) in [7, 11) is 0. The third-order valence-corrected chi connectivity index (χ3v) is 4.74. The summed E-state index contributed by atoms with van der Waals surface area (Å²) in [5, 5.41) is 4.02. The van der Waals surface area contributed by atoms with E-state index in [1.54, 1.807) is 11.1 Å². The van der Waals surface area contributed by atoms with Crippen molar-refractivity contribution in [3.63, 3.8) is 0 Å². The molecule has 4 rings (SSSR count). The molecule has 2 aromatic heterocycles. The number of hydrogen-bond donors (Lipinski definition) is 0. The van der Waals surface area contributed by atoms with E-state index >= 15 is 0 Å². The van der Waals surface area contributed by atoms with Gasteiger partial charge in [-0.15, -0.1) is 0 Å². The van der Waals surface area contributed by atoms with Gasteiger partial charge < -0.3 is 9.42 Å². The van der Waals surface area contributed by atoms with E-state index in [-0.39, 0.29) is 18.4 Å². The number of anilines is 1. The fraction of sp³-hybridized carbons (Fsp3) is 0.611. The third-order valence-electron chi connectivity index (χ3n) is 4.74. The Kier molecular flexibility index (Phi) is 3.60. The fourth-order valence-electron chi connectivity index (χ4n) is 3.13. The van der Waals surface area contributed by atoms with Gasteiger partial charge in [-0.05, 0) is 30.4 Å². The van der Waals surface area contributed by atoms with Crippen molar-refractivity contribution in [1.82, 2.24) is 15.1 Å². The van der Waals surface area contributed by atoms with Crippen LogP contribution in [0.5, 0.6) is 0 Å². The molecule has 5 nitrogen and oxygen atoms in total. The van der Waals surface area contributed by atoms with E-state index in [1.165, 1.54) is 0 Å². The molecule has 3 heterocycles. The summed E-state index contributed by atoms with van der Waals surface area (Å²) < 4.78 is 32.7. The van der Waals surface area contributed by atoms with Crippen LogP contribution in [-0.2, 0) is 5.41 Å². The largest absolute Gasteiger partial charge is 0.365 e. The highest BCUT2D eigenvalue weighted by molar-refractivity contribution is 5.64. The number of halogens is 2. The van der Waals surface area contributed by atoms with Gasteiger partial charge in [-0.2, -0.15) is 4.98 Å². The van der Waals surface area contributed by atoms with Crippen molar-refractivity contribution in [3.05, 3.63) is 23.7 Å². The number of alkyl halides is 2. The Hall–Kier alpha value is -2.05. The van der Waals surface area contributed by atoms with E-state index in [0.717, 1.165) is 24.1 Å². The molecule has 2 aliphatic rings. The number of rotatable bonds is 3. The van der Waals surface area contributed by atoms with Gasteiger partial charge in [-0.1, -0.05) is 25.9 Å². The first-order chi connectivity index (χ1) is 11.7. The van der Waals surface area contributed by atoms with Crippen molar-refractivity contribution in [1.29, 1.82) is 0 Å². The number of hydrogen-bond acceptors (Lipinski definition) is 5. The first kappa shape index (κ1) is 16.4. The summed E-state index contributed by atoms with van der Waals surface area (Å²) in [6.45, 7) is 6.09. The van der Waals surface area contributed by atoms with E-state index in [1.807, 2.05) is 26.8 Å². The van der Waals surface area contributed by atoms with Crippen molar-refractivity contribution in [3.8, 4) is 11.5 Å². The number of nitrogens with zero attached hydrogens (tertiary/aromatic N) is 4. The molecule has 0 spiro atoms. The quantitative estimate of drug-likeness (QED) is 0.834. The topological polar surface area (TPSA) is 55.1 Å². The highest BCUT2D eigenvalue weighted by Crippen LogP contribution is 2.46. The van der Waals surface area contributed by atoms with Gasteiger partial charge in [0.05, 0.1) is 6.54 Å². The van der Waals surface area contributed by atoms with Crippen LogP contribution in [0.15, 0.2) is 16.8 Å². The van der Waals surface area contributed by atoms with Gasteiger partial charge >= 0.3 is 0 Å². The van der Waals surface area contributed by atoms with E-state index in [9.17, 15) is 8.78 Å². The molecule has 0 amide bonds. The summed E-state index contributed by atoms with van der Waals surface area (Å²) in [6, 6.07) is 1.84. The zero-order chi connectivity index (χ0) is 17.8. The molecule has 0 N–H and O–H groups in total. The molecule has 0 aromatic carbocycles. The van der Waals surface area contributed by atoms with E-state index in [2.05, 4.69) is 15.1 Å². The van der Waals surface area contributed by atoms with Crippen LogP contribution < -0.4 is 4.90 Å². The lowest BCUT2D eigenvalue weighted by atomic mass is 9.97. The van der Waals surface area contributed by atoms with Crippen LogP contribution in [0.4, 0.5) is 14.5 Å². The molecule has 0 radical (unpaired) electrons. The van der Waals surface area contributed by atoms with Crippen LogP contribution in [-0.4, -0.2) is 34.1 Å². The first-order valence-corrected chi connectivity index (χ1v) is 8.70. The molecule has 1 aliphatic carbocycles. The first-order valence-electron chi connectivity index (χ1n) is 8.70. The molecule has 2 fully saturated rings. The Bertz CT molecular complexity index is 793. The maximum atomic E-state index is 13.7. The molecule has 0 bridgehead atoms. The molecule has 25 heavy (non-hydrogen) atoms. The Labute approximate surface area is 145 Å². The Morgan fingerprint density at radius 3 is 2.60 bits per heavy atom. The SMILES string of the molecule is CC(C)(C)c1nc(-c2cc(N3CCC(F)(F)C3)c(C3CC3)cn2)no1. The Balaban J connectivity index is 1.70. The molecule has 2 aromatic rings. The fourth-order valence-corrected chi connectivity index (χ4v) is 3.13. The lowest BCUT2D eigenvalue weighted by Crippen LogP contribution is -2.25. The molecule has 134 valence electrons. The number of aromatic nitrogens is 3. The Morgan fingerprint density at radius 2 is 2.04 bits per heavy atom. The molecule has 0 unspecified atom stereocenters. The summed E-state index contributed by atoms with van der Waals surface area (Å²) in [4.78, 5) is 10.7. The van der Waals surface area contributed by atoms with E-state index in [4.69, 9.17) is 4.52 Å². The lowest BCUT2D eigenvalue weighted by molar-refractivity contribution is 0.0257. The van der Waals surface area contributed by atoms with Crippen molar-refractivity contribution in [2.75, 3.05) is 18.0 Å². The average Bonchev–Trinajstić information content (AvgIpc) is 3.12. The van der Waals surface area contributed by atoms with Crippen molar-refractivity contribution in [2.24, 2.45) is 0 Å². The zero-order valence-corrected chi connectivity index (χ0v) is 14.7. The summed E-state index contributed by atoms with van der Waals surface area (Å²) >= 11 is 0. The van der Waals surface area contributed by atoms with Crippen LogP contribution in [0.2, 0.25) is 0 Å². The average molecular weight is 348 g/mol. The molecule has 1 saturated heterocycles. The normalized spacial score (nSPS) is 20.3. The van der Waals surface area contributed by atoms with Gasteiger partial charge in [0.2, 0.25) is 11.7 Å². The Morgan fingerprint density at radius 1 is 1.28 bits per heavy atom. The van der Waals surface area contributed by atoms with Crippen LogP contribution in [0, 0.1) is 0 Å². The van der Waals surface area contributed by atoms with Crippen molar-refractivity contribution < 1.29 is 13.3 Å². The van der Waals surface area contributed by atoms with Crippen molar-refractivity contribution >= 4 is 5.69 Å². The molecule has 1 saturated carbocycles. The summed E-state index contributed by atoms with van der Waals surface area (Å²) in [5.74, 6) is -1.26. The highest BCUT2D eigenvalue weighted by atomic mass is 19.3. The maximum absolute atomic E-state index is 13.7. The maximum Gasteiger partial charge on any atom is 0.266 e. The molecule has 1 aliphatic heterocycles. The minimum Gasteiger partial charge on any atom is -0.365 e. The third kappa shape index (κ3) is 3.24. The van der Waals surface area contributed by atoms with Gasteiger partial charge in [0.1, 0.15) is 5.69 Å². The van der Waals surface area contributed by atoms with Crippen LogP contribution >= 0.6 is 0 Å². The smallest absolute Gasteiger partial charge is 0.266 e. The molecule has 0 atom stereocenters. The van der Waals surface area contributed by atoms with Gasteiger partial charge in [0.25, 0.3) is 5.92 Å². The molecular weight excluding hydrogens is 326 g/mol. The minimum absolute atomic E-state index is 0.106. The summed E-state index contributed by atoms with van der Waals surface area (Å²) in [6.07, 6.45) is 3.88. The second kappa shape index (κ2) is 5.47. The van der Waals surface area contributed by atoms with Gasteiger partial charge in [0, 0.05) is 30.3 Å². The highest BCUT2D eigenvalue weighted by Gasteiger charge is 2.40. The standard InChI is InChI=1S/C18H22F2N4O/c1-17(2,3)16-22-15(23-25-16)13-8-14(12(9-21-13)11-4-5-11)24-7-6-18(19,20)10-24/h8-9,11H,4-7,10H2,1-3H3. The predicted molar refractivity (Wildman–Crippen MR) is 90.0 cm³/mol. The number of pyridine rings is 1. The monoisotopic (exact) mass is 348 g/mol. The predicted octanol–water partition coefficient (Wildman–Crippen LogP) is 4.15. The second-order valence-electron chi connectivity index (χ2n) is 8.10. The van der Waals surface area contributed by atoms with Gasteiger partial charge in [0.15, 0.2) is 0 Å². The van der Waals surface area contributed by atoms with Gasteiger partial charge in [-0.25, -0.2) is 8.78 Å². The van der Waals surface area contributed by atoms with Crippen LogP contribution in [0.3, 0.4) is 0 Å². The molecular formula is C18H22F2N4O. The van der Waals surface area contributed by atoms with E-state index < -0.39 is 5.92 Å².